The number of rotatable bonds is 3. The molecule has 0 amide bonds. The van der Waals surface area contributed by atoms with Gasteiger partial charge in [-0.3, -0.25) is 0 Å². The summed E-state index contributed by atoms with van der Waals surface area (Å²) in [5.41, 5.74) is 0.402. The van der Waals surface area contributed by atoms with Gasteiger partial charge < -0.3 is 20.1 Å². The van der Waals surface area contributed by atoms with E-state index in [1.807, 2.05) is 6.92 Å². The van der Waals surface area contributed by atoms with Gasteiger partial charge in [-0.1, -0.05) is 20.4 Å². The Balaban J connectivity index is 1.57. The van der Waals surface area contributed by atoms with Crippen LogP contribution >= 0.6 is 0 Å². The molecule has 11 atom stereocenters. The third-order valence-electron chi connectivity index (χ3n) is 9.94. The number of carbonyl (C=O) groups is 1. The van der Waals surface area contributed by atoms with Crippen LogP contribution in [-0.2, 0) is 9.53 Å². The summed E-state index contributed by atoms with van der Waals surface area (Å²) in [6, 6.07) is 0. The van der Waals surface area contributed by atoms with Crippen molar-refractivity contribution in [1.82, 2.24) is 0 Å². The molecule has 4 fully saturated rings. The Morgan fingerprint density at radius 1 is 1.00 bits per heavy atom. The molecule has 0 bridgehead atoms. The fourth-order valence-electron chi connectivity index (χ4n) is 8.52. The monoisotopic (exact) mass is 420 g/mol. The molecule has 0 spiro atoms. The molecule has 4 saturated carbocycles. The summed E-state index contributed by atoms with van der Waals surface area (Å²) in [6.07, 6.45) is 4.46. The van der Waals surface area contributed by atoms with E-state index in [0.717, 1.165) is 32.1 Å². The van der Waals surface area contributed by atoms with Crippen LogP contribution < -0.4 is 0 Å². The molecule has 5 nitrogen and oxygen atoms in total. The van der Waals surface area contributed by atoms with Gasteiger partial charge >= 0.3 is 5.97 Å². The summed E-state index contributed by atoms with van der Waals surface area (Å²) in [6.45, 7) is 11.9. The Kier molecular flexibility index (Phi) is 5.64. The van der Waals surface area contributed by atoms with Crippen LogP contribution in [0.15, 0.2) is 12.2 Å². The number of esters is 1. The van der Waals surface area contributed by atoms with Gasteiger partial charge in [-0.05, 0) is 93.3 Å². The van der Waals surface area contributed by atoms with E-state index in [4.69, 9.17) is 4.74 Å². The van der Waals surface area contributed by atoms with Gasteiger partial charge in [0.1, 0.15) is 6.10 Å². The fourth-order valence-corrected chi connectivity index (χ4v) is 8.52. The fraction of sp³-hybridized carbons (Fsp3) is 0.880. The van der Waals surface area contributed by atoms with Gasteiger partial charge in [-0.15, -0.1) is 0 Å². The average Bonchev–Trinajstić information content (AvgIpc) is 2.93. The smallest absolute Gasteiger partial charge is 0.333 e. The second-order valence-electron chi connectivity index (χ2n) is 11.5. The topological polar surface area (TPSA) is 87.0 Å². The number of aliphatic hydroxyl groups excluding tert-OH is 3. The third-order valence-corrected chi connectivity index (χ3v) is 9.94. The molecule has 4 rings (SSSR count). The molecular formula is C25H40O5. The van der Waals surface area contributed by atoms with Crippen molar-refractivity contribution in [2.75, 3.05) is 0 Å². The highest BCUT2D eigenvalue weighted by Crippen LogP contribution is 2.67. The van der Waals surface area contributed by atoms with Gasteiger partial charge in [-0.2, -0.15) is 0 Å². The van der Waals surface area contributed by atoms with Gasteiger partial charge in [0.15, 0.2) is 0 Å². The lowest BCUT2D eigenvalue weighted by molar-refractivity contribution is -0.167. The second-order valence-corrected chi connectivity index (χ2v) is 11.5. The molecule has 3 N–H and O–H groups in total. The highest BCUT2D eigenvalue weighted by atomic mass is 16.5. The molecule has 0 aromatic heterocycles. The lowest BCUT2D eigenvalue weighted by atomic mass is 9.44. The summed E-state index contributed by atoms with van der Waals surface area (Å²) < 4.78 is 5.69. The van der Waals surface area contributed by atoms with Crippen LogP contribution in [0.5, 0.6) is 0 Å². The molecule has 4 aliphatic carbocycles. The number of hydrogen-bond donors (Lipinski definition) is 3. The van der Waals surface area contributed by atoms with Crippen LogP contribution in [0.1, 0.15) is 72.6 Å². The van der Waals surface area contributed by atoms with Crippen molar-refractivity contribution in [1.29, 1.82) is 0 Å². The molecule has 4 aliphatic rings. The van der Waals surface area contributed by atoms with E-state index in [1.54, 1.807) is 6.92 Å². The van der Waals surface area contributed by atoms with E-state index in [-0.39, 0.29) is 28.8 Å². The predicted molar refractivity (Wildman–Crippen MR) is 114 cm³/mol. The first-order valence-corrected chi connectivity index (χ1v) is 11.9. The Labute approximate surface area is 180 Å². The first-order valence-electron chi connectivity index (χ1n) is 11.9. The Bertz CT molecular complexity index is 706. The maximum absolute atomic E-state index is 12.1. The van der Waals surface area contributed by atoms with Crippen molar-refractivity contribution in [3.05, 3.63) is 12.2 Å². The summed E-state index contributed by atoms with van der Waals surface area (Å²) in [5, 5.41) is 31.8. The van der Waals surface area contributed by atoms with Crippen molar-refractivity contribution in [3.63, 3.8) is 0 Å². The minimum atomic E-state index is -0.623. The van der Waals surface area contributed by atoms with Crippen LogP contribution in [-0.4, -0.2) is 45.7 Å². The maximum Gasteiger partial charge on any atom is 0.333 e. The third kappa shape index (κ3) is 3.27. The highest BCUT2D eigenvalue weighted by Gasteiger charge is 2.63. The lowest BCUT2D eigenvalue weighted by Gasteiger charge is -2.61. The highest BCUT2D eigenvalue weighted by molar-refractivity contribution is 5.87. The van der Waals surface area contributed by atoms with Crippen molar-refractivity contribution < 1.29 is 24.9 Å². The zero-order valence-corrected chi connectivity index (χ0v) is 19.0. The van der Waals surface area contributed by atoms with Gasteiger partial charge in [0.25, 0.3) is 0 Å². The van der Waals surface area contributed by atoms with Crippen LogP contribution in [0.25, 0.3) is 0 Å². The van der Waals surface area contributed by atoms with Crippen molar-refractivity contribution in [3.8, 4) is 0 Å². The summed E-state index contributed by atoms with van der Waals surface area (Å²) in [7, 11) is 0. The Morgan fingerprint density at radius 2 is 1.70 bits per heavy atom. The van der Waals surface area contributed by atoms with Gasteiger partial charge in [0.2, 0.25) is 0 Å². The minimum absolute atomic E-state index is 0.0502. The normalized spacial score (nSPS) is 51.3. The van der Waals surface area contributed by atoms with E-state index in [9.17, 15) is 20.1 Å². The summed E-state index contributed by atoms with van der Waals surface area (Å²) >= 11 is 0. The first kappa shape index (κ1) is 22.3. The first-order chi connectivity index (χ1) is 14.0. The second kappa shape index (κ2) is 7.60. The van der Waals surface area contributed by atoms with Crippen molar-refractivity contribution in [2.24, 2.45) is 40.4 Å². The average molecular weight is 421 g/mol. The van der Waals surface area contributed by atoms with E-state index >= 15 is 0 Å². The quantitative estimate of drug-likeness (QED) is 0.481. The molecule has 0 unspecified atom stereocenters. The molecule has 30 heavy (non-hydrogen) atoms. The molecule has 0 saturated heterocycles. The molecule has 170 valence electrons. The molecule has 5 heteroatoms. The number of carbonyl (C=O) groups excluding carboxylic acids is 1. The van der Waals surface area contributed by atoms with Crippen molar-refractivity contribution in [2.45, 2.75) is 97.1 Å². The standard InChI is InChI=1S/C25H40O5/c1-13(2)23(29)30-14(3)22-20(27)11-18-16-7-6-15-10-19(26)21(28)12-25(15,5)17(16)8-9-24(18,22)4/h14-22,26-28H,1,6-12H2,2-5H3/t14-,15+,16-,17+,18+,19+,20+,21-,22+,24+,25+/m1/s1. The van der Waals surface area contributed by atoms with E-state index in [0.29, 0.717) is 42.1 Å². The van der Waals surface area contributed by atoms with Gasteiger partial charge in [0, 0.05) is 11.5 Å². The zero-order valence-electron chi connectivity index (χ0n) is 19.0. The summed E-state index contributed by atoms with van der Waals surface area (Å²) in [5.74, 6) is 1.49. The van der Waals surface area contributed by atoms with E-state index < -0.39 is 18.3 Å². The largest absolute Gasteiger partial charge is 0.459 e. The molecular weight excluding hydrogens is 380 g/mol. The van der Waals surface area contributed by atoms with Crippen LogP contribution in [0.4, 0.5) is 0 Å². The van der Waals surface area contributed by atoms with E-state index in [1.165, 1.54) is 0 Å². The Hall–Kier alpha value is -0.910. The maximum atomic E-state index is 12.1. The minimum Gasteiger partial charge on any atom is -0.459 e. The number of aliphatic hydroxyl groups is 3. The predicted octanol–water partition coefficient (Wildman–Crippen LogP) is 3.46. The molecule has 0 aromatic rings. The molecule has 0 radical (unpaired) electrons. The van der Waals surface area contributed by atoms with Crippen LogP contribution in [0.2, 0.25) is 0 Å². The van der Waals surface area contributed by atoms with E-state index in [2.05, 4.69) is 20.4 Å². The van der Waals surface area contributed by atoms with Crippen molar-refractivity contribution >= 4 is 5.97 Å². The summed E-state index contributed by atoms with van der Waals surface area (Å²) in [4.78, 5) is 12.1. The number of hydrogen-bond acceptors (Lipinski definition) is 5. The SMILES string of the molecule is C=C(C)C(=O)O[C@H](C)[C@H]1[C@@H](O)C[C@H]2[C@@H]3CC[C@H]4C[C@H](O)[C@H](O)C[C@]4(C)[C@H]3CC[C@]12C. The molecule has 0 aromatic carbocycles. The Morgan fingerprint density at radius 3 is 2.37 bits per heavy atom. The van der Waals surface area contributed by atoms with Crippen LogP contribution in [0, 0.1) is 40.4 Å². The van der Waals surface area contributed by atoms with Gasteiger partial charge in [0.05, 0.1) is 18.3 Å². The lowest BCUT2D eigenvalue weighted by Crippen LogP contribution is -2.57. The molecule has 0 heterocycles. The van der Waals surface area contributed by atoms with Crippen LogP contribution in [0.3, 0.4) is 0 Å². The number of fused-ring (bicyclic) bond motifs is 5. The molecule has 0 aliphatic heterocycles. The number of ether oxygens (including phenoxy) is 1. The van der Waals surface area contributed by atoms with Gasteiger partial charge in [-0.25, -0.2) is 4.79 Å². The zero-order chi connectivity index (χ0) is 22.0.